The van der Waals surface area contributed by atoms with E-state index in [-0.39, 0.29) is 18.4 Å². The van der Waals surface area contributed by atoms with Crippen LogP contribution in [0.15, 0.2) is 42.5 Å². The molecule has 2 aromatic carbocycles. The zero-order valence-corrected chi connectivity index (χ0v) is 12.3. The van der Waals surface area contributed by atoms with Crippen molar-refractivity contribution in [3.8, 4) is 0 Å². The van der Waals surface area contributed by atoms with Gasteiger partial charge in [0, 0.05) is 28.7 Å². The average Bonchev–Trinajstić information content (AvgIpc) is 2.46. The van der Waals surface area contributed by atoms with Crippen molar-refractivity contribution in [2.45, 2.75) is 19.5 Å². The average molecular weight is 307 g/mol. The number of amides is 1. The summed E-state index contributed by atoms with van der Waals surface area (Å²) in [4.78, 5) is 11.1. The minimum atomic E-state index is -0.574. The lowest BCUT2D eigenvalue weighted by atomic mass is 10.1. The SMILES string of the molecule is CC(NCc1cc(C(N)=O)ccc1F)c1ccccc1Cl. The van der Waals surface area contributed by atoms with E-state index >= 15 is 0 Å². The topological polar surface area (TPSA) is 55.1 Å². The molecule has 0 bridgehead atoms. The van der Waals surface area contributed by atoms with Crippen LogP contribution in [0, 0.1) is 5.82 Å². The molecule has 0 aliphatic heterocycles. The third kappa shape index (κ3) is 3.80. The summed E-state index contributed by atoms with van der Waals surface area (Å²) in [6, 6.07) is 11.5. The molecule has 5 heteroatoms. The van der Waals surface area contributed by atoms with Crippen LogP contribution in [-0.2, 0) is 6.54 Å². The number of rotatable bonds is 5. The molecule has 0 aromatic heterocycles. The Hall–Kier alpha value is -1.91. The van der Waals surface area contributed by atoms with E-state index in [1.165, 1.54) is 18.2 Å². The quantitative estimate of drug-likeness (QED) is 0.889. The molecule has 0 heterocycles. The van der Waals surface area contributed by atoms with E-state index in [0.29, 0.717) is 16.1 Å². The van der Waals surface area contributed by atoms with Crippen molar-refractivity contribution in [1.82, 2.24) is 5.32 Å². The highest BCUT2D eigenvalue weighted by Gasteiger charge is 2.11. The Balaban J connectivity index is 2.11. The summed E-state index contributed by atoms with van der Waals surface area (Å²) < 4.78 is 13.7. The van der Waals surface area contributed by atoms with Crippen LogP contribution < -0.4 is 11.1 Å². The van der Waals surface area contributed by atoms with Crippen LogP contribution in [0.4, 0.5) is 4.39 Å². The van der Waals surface area contributed by atoms with Crippen molar-refractivity contribution < 1.29 is 9.18 Å². The number of benzene rings is 2. The normalized spacial score (nSPS) is 12.1. The molecule has 2 aromatic rings. The predicted molar refractivity (Wildman–Crippen MR) is 81.6 cm³/mol. The van der Waals surface area contributed by atoms with Crippen LogP contribution >= 0.6 is 11.6 Å². The van der Waals surface area contributed by atoms with Crippen LogP contribution in [0.1, 0.15) is 34.5 Å². The molecule has 1 atom stereocenters. The van der Waals surface area contributed by atoms with Gasteiger partial charge in [0.1, 0.15) is 5.82 Å². The second-order valence-electron chi connectivity index (χ2n) is 4.79. The van der Waals surface area contributed by atoms with E-state index in [1.807, 2.05) is 31.2 Å². The lowest BCUT2D eigenvalue weighted by Gasteiger charge is -2.16. The van der Waals surface area contributed by atoms with Gasteiger partial charge in [0.25, 0.3) is 0 Å². The molecular weight excluding hydrogens is 291 g/mol. The fourth-order valence-electron chi connectivity index (χ4n) is 2.06. The Bertz CT molecular complexity index is 660. The maximum absolute atomic E-state index is 13.7. The minimum absolute atomic E-state index is 0.0460. The van der Waals surface area contributed by atoms with Crippen molar-refractivity contribution in [3.05, 3.63) is 70.0 Å². The number of nitrogens with two attached hydrogens (primary N) is 1. The first kappa shape index (κ1) is 15.5. The van der Waals surface area contributed by atoms with Gasteiger partial charge in [0.2, 0.25) is 5.91 Å². The number of primary amides is 1. The molecule has 0 saturated heterocycles. The Morgan fingerprint density at radius 1 is 1.33 bits per heavy atom. The van der Waals surface area contributed by atoms with Crippen molar-refractivity contribution in [2.24, 2.45) is 5.73 Å². The summed E-state index contributed by atoms with van der Waals surface area (Å²) in [6.07, 6.45) is 0. The van der Waals surface area contributed by atoms with E-state index in [2.05, 4.69) is 5.32 Å². The summed E-state index contributed by atoms with van der Waals surface area (Å²) in [5.74, 6) is -0.950. The van der Waals surface area contributed by atoms with Gasteiger partial charge in [-0.2, -0.15) is 0 Å². The summed E-state index contributed by atoms with van der Waals surface area (Å²) in [5.41, 5.74) is 6.82. The second-order valence-corrected chi connectivity index (χ2v) is 5.20. The second kappa shape index (κ2) is 6.70. The van der Waals surface area contributed by atoms with Crippen LogP contribution in [0.2, 0.25) is 5.02 Å². The zero-order valence-electron chi connectivity index (χ0n) is 11.6. The van der Waals surface area contributed by atoms with Gasteiger partial charge in [-0.1, -0.05) is 29.8 Å². The highest BCUT2D eigenvalue weighted by atomic mass is 35.5. The molecule has 0 fully saturated rings. The van der Waals surface area contributed by atoms with E-state index in [4.69, 9.17) is 17.3 Å². The van der Waals surface area contributed by atoms with Crippen molar-refractivity contribution in [2.75, 3.05) is 0 Å². The van der Waals surface area contributed by atoms with Gasteiger partial charge in [0.05, 0.1) is 0 Å². The Kier molecular flexibility index (Phi) is 4.94. The lowest BCUT2D eigenvalue weighted by Crippen LogP contribution is -2.20. The Morgan fingerprint density at radius 2 is 2.05 bits per heavy atom. The van der Waals surface area contributed by atoms with E-state index in [9.17, 15) is 9.18 Å². The van der Waals surface area contributed by atoms with E-state index < -0.39 is 5.91 Å². The summed E-state index contributed by atoms with van der Waals surface area (Å²) in [7, 11) is 0. The lowest BCUT2D eigenvalue weighted by molar-refractivity contribution is 0.1000. The van der Waals surface area contributed by atoms with Crippen molar-refractivity contribution in [1.29, 1.82) is 0 Å². The number of carbonyl (C=O) groups excluding carboxylic acids is 1. The molecule has 1 unspecified atom stereocenters. The summed E-state index contributed by atoms with van der Waals surface area (Å²) in [5, 5.41) is 3.84. The molecule has 1 amide bonds. The first-order valence-corrected chi connectivity index (χ1v) is 6.93. The van der Waals surface area contributed by atoms with Gasteiger partial charge in [-0.3, -0.25) is 4.79 Å². The van der Waals surface area contributed by atoms with Gasteiger partial charge < -0.3 is 11.1 Å². The standard InChI is InChI=1S/C16H16ClFN2O/c1-10(13-4-2-3-5-14(13)17)20-9-12-8-11(16(19)21)6-7-15(12)18/h2-8,10,20H,9H2,1H3,(H2,19,21). The molecule has 0 radical (unpaired) electrons. The van der Waals surface area contributed by atoms with Gasteiger partial charge in [0.15, 0.2) is 0 Å². The molecule has 0 spiro atoms. The van der Waals surface area contributed by atoms with Gasteiger partial charge in [-0.25, -0.2) is 4.39 Å². The number of hydrogen-bond donors (Lipinski definition) is 2. The van der Waals surface area contributed by atoms with Crippen LogP contribution in [0.25, 0.3) is 0 Å². The third-order valence-corrected chi connectivity index (χ3v) is 3.64. The van der Waals surface area contributed by atoms with Gasteiger partial charge >= 0.3 is 0 Å². The Labute approximate surface area is 127 Å². The molecule has 0 aliphatic rings. The summed E-state index contributed by atoms with van der Waals surface area (Å²) >= 11 is 6.12. The summed E-state index contributed by atoms with van der Waals surface area (Å²) in [6.45, 7) is 2.22. The van der Waals surface area contributed by atoms with Gasteiger partial charge in [-0.05, 0) is 36.8 Å². The first-order chi connectivity index (χ1) is 9.99. The third-order valence-electron chi connectivity index (χ3n) is 3.30. The fraction of sp³-hybridized carbons (Fsp3) is 0.188. The number of carbonyl (C=O) groups is 1. The van der Waals surface area contributed by atoms with Gasteiger partial charge in [-0.15, -0.1) is 0 Å². The monoisotopic (exact) mass is 306 g/mol. The molecule has 110 valence electrons. The van der Waals surface area contributed by atoms with Crippen molar-refractivity contribution in [3.63, 3.8) is 0 Å². The fourth-order valence-corrected chi connectivity index (χ4v) is 2.36. The molecule has 0 saturated carbocycles. The molecular formula is C16H16ClFN2O. The highest BCUT2D eigenvalue weighted by Crippen LogP contribution is 2.22. The minimum Gasteiger partial charge on any atom is -0.366 e. The van der Waals surface area contributed by atoms with Crippen LogP contribution in [0.3, 0.4) is 0 Å². The molecule has 2 rings (SSSR count). The number of nitrogens with one attached hydrogen (secondary N) is 1. The number of hydrogen-bond acceptors (Lipinski definition) is 2. The molecule has 3 N–H and O–H groups in total. The smallest absolute Gasteiger partial charge is 0.248 e. The molecule has 0 aliphatic carbocycles. The highest BCUT2D eigenvalue weighted by molar-refractivity contribution is 6.31. The zero-order chi connectivity index (χ0) is 15.4. The Morgan fingerprint density at radius 3 is 2.71 bits per heavy atom. The first-order valence-electron chi connectivity index (χ1n) is 6.55. The van der Waals surface area contributed by atoms with Crippen molar-refractivity contribution >= 4 is 17.5 Å². The predicted octanol–water partition coefficient (Wildman–Crippen LogP) is 3.43. The maximum atomic E-state index is 13.7. The van der Waals surface area contributed by atoms with E-state index in [1.54, 1.807) is 0 Å². The van der Waals surface area contributed by atoms with E-state index in [0.717, 1.165) is 5.56 Å². The number of halogens is 2. The van der Waals surface area contributed by atoms with Crippen LogP contribution in [0.5, 0.6) is 0 Å². The maximum Gasteiger partial charge on any atom is 0.248 e. The van der Waals surface area contributed by atoms with Crippen LogP contribution in [-0.4, -0.2) is 5.91 Å². The largest absolute Gasteiger partial charge is 0.366 e. The molecule has 21 heavy (non-hydrogen) atoms. The molecule has 3 nitrogen and oxygen atoms in total.